The maximum Gasteiger partial charge on any atom is 0.354 e. The fraction of sp³-hybridized carbons (Fsp3) is 0.167. The van der Waals surface area contributed by atoms with Gasteiger partial charge < -0.3 is 5.11 Å². The van der Waals surface area contributed by atoms with E-state index in [0.29, 0.717) is 0 Å². The van der Waals surface area contributed by atoms with Gasteiger partial charge in [-0.25, -0.2) is 9.78 Å². The maximum absolute atomic E-state index is 10.9. The van der Waals surface area contributed by atoms with Gasteiger partial charge in [-0.1, -0.05) is 22.9 Å². The maximum atomic E-state index is 10.9. The summed E-state index contributed by atoms with van der Waals surface area (Å²) in [4.78, 5) is 15.0. The molecule has 0 unspecified atom stereocenters. The van der Waals surface area contributed by atoms with Crippen LogP contribution < -0.4 is 0 Å². The number of hydrogen-bond acceptors (Lipinski definition) is 2. The molecule has 16 heavy (non-hydrogen) atoms. The van der Waals surface area contributed by atoms with Gasteiger partial charge in [0, 0.05) is 9.86 Å². The molecule has 2 rings (SSSR count). The molecule has 0 aliphatic heterocycles. The van der Waals surface area contributed by atoms with E-state index >= 15 is 0 Å². The lowest BCUT2D eigenvalue weighted by Crippen LogP contribution is -2.02. The number of carboxylic acids is 1. The number of benzene rings is 1. The number of carboxylic acid groups (broad SMARTS) is 1. The number of carbonyl (C=O) groups is 1. The van der Waals surface area contributed by atoms with Crippen molar-refractivity contribution in [3.05, 3.63) is 40.0 Å². The highest BCUT2D eigenvalue weighted by molar-refractivity contribution is 9.10. The minimum atomic E-state index is -0.987. The quantitative estimate of drug-likeness (QED) is 0.918. The van der Waals surface area contributed by atoms with Crippen LogP contribution in [0.1, 0.15) is 23.0 Å². The minimum Gasteiger partial charge on any atom is -0.477 e. The number of aryl methyl sites for hydroxylation is 1. The Morgan fingerprint density at radius 3 is 2.81 bits per heavy atom. The third-order valence-corrected chi connectivity index (χ3v) is 2.95. The van der Waals surface area contributed by atoms with Crippen molar-refractivity contribution in [1.82, 2.24) is 4.98 Å². The van der Waals surface area contributed by atoms with Crippen LogP contribution in [0.25, 0.3) is 10.9 Å². The zero-order chi connectivity index (χ0) is 11.7. The van der Waals surface area contributed by atoms with E-state index in [4.69, 9.17) is 5.11 Å². The van der Waals surface area contributed by atoms with Crippen LogP contribution in [-0.4, -0.2) is 16.1 Å². The van der Waals surface area contributed by atoms with Gasteiger partial charge in [-0.3, -0.25) is 0 Å². The summed E-state index contributed by atoms with van der Waals surface area (Å²) in [5, 5.41) is 9.95. The van der Waals surface area contributed by atoms with E-state index in [1.165, 1.54) is 0 Å². The molecule has 1 aromatic heterocycles. The number of pyridine rings is 1. The Kier molecular flexibility index (Phi) is 2.92. The number of nitrogens with zero attached hydrogens (tertiary/aromatic N) is 1. The molecule has 0 atom stereocenters. The molecule has 4 heteroatoms. The molecule has 0 spiro atoms. The van der Waals surface area contributed by atoms with E-state index in [2.05, 4.69) is 20.9 Å². The summed E-state index contributed by atoms with van der Waals surface area (Å²) < 4.78 is 0.972. The lowest BCUT2D eigenvalue weighted by atomic mass is 10.1. The van der Waals surface area contributed by atoms with Crippen molar-refractivity contribution < 1.29 is 9.90 Å². The summed E-state index contributed by atoms with van der Waals surface area (Å²) >= 11 is 3.40. The van der Waals surface area contributed by atoms with Crippen molar-refractivity contribution in [2.24, 2.45) is 0 Å². The first kappa shape index (κ1) is 11.1. The third kappa shape index (κ3) is 1.93. The number of halogens is 1. The van der Waals surface area contributed by atoms with Gasteiger partial charge in [-0.2, -0.15) is 0 Å². The van der Waals surface area contributed by atoms with Crippen LogP contribution in [0.4, 0.5) is 0 Å². The Bertz CT molecular complexity index is 566. The summed E-state index contributed by atoms with van der Waals surface area (Å²) in [5.74, 6) is -0.987. The van der Waals surface area contributed by atoms with Crippen LogP contribution in [0.15, 0.2) is 28.7 Å². The molecule has 2 aromatic rings. The first-order valence-electron chi connectivity index (χ1n) is 4.94. The van der Waals surface area contributed by atoms with Gasteiger partial charge in [0.25, 0.3) is 0 Å². The number of aromatic nitrogens is 1. The van der Waals surface area contributed by atoms with Gasteiger partial charge in [0.1, 0.15) is 5.69 Å². The highest BCUT2D eigenvalue weighted by atomic mass is 79.9. The smallest absolute Gasteiger partial charge is 0.354 e. The van der Waals surface area contributed by atoms with Crippen LogP contribution in [0.5, 0.6) is 0 Å². The number of fused-ring (bicyclic) bond motifs is 1. The molecule has 0 aliphatic carbocycles. The van der Waals surface area contributed by atoms with Crippen molar-refractivity contribution in [2.75, 3.05) is 0 Å². The molecule has 82 valence electrons. The van der Waals surface area contributed by atoms with E-state index in [-0.39, 0.29) is 5.69 Å². The Labute approximate surface area is 101 Å². The van der Waals surface area contributed by atoms with Gasteiger partial charge in [0.05, 0.1) is 5.52 Å². The Hall–Kier alpha value is -1.42. The minimum absolute atomic E-state index is 0.103. The fourth-order valence-corrected chi connectivity index (χ4v) is 2.03. The summed E-state index contributed by atoms with van der Waals surface area (Å²) in [6.07, 6.45) is 0.787. The van der Waals surface area contributed by atoms with E-state index < -0.39 is 5.97 Å². The average Bonchev–Trinajstić information content (AvgIpc) is 2.27. The van der Waals surface area contributed by atoms with E-state index in [1.807, 2.05) is 25.1 Å². The zero-order valence-electron chi connectivity index (χ0n) is 8.70. The summed E-state index contributed by atoms with van der Waals surface area (Å²) in [7, 11) is 0. The second-order valence-electron chi connectivity index (χ2n) is 3.49. The molecule has 0 bridgehead atoms. The fourth-order valence-electron chi connectivity index (χ4n) is 1.67. The molecule has 0 radical (unpaired) electrons. The molecule has 1 N–H and O–H groups in total. The van der Waals surface area contributed by atoms with Crippen LogP contribution in [0, 0.1) is 0 Å². The summed E-state index contributed by atoms with van der Waals surface area (Å²) in [6, 6.07) is 7.29. The second-order valence-corrected chi connectivity index (χ2v) is 4.40. The molecular formula is C12H10BrNO2. The van der Waals surface area contributed by atoms with E-state index in [9.17, 15) is 4.79 Å². The molecule has 3 nitrogen and oxygen atoms in total. The first-order chi connectivity index (χ1) is 7.61. The van der Waals surface area contributed by atoms with Crippen molar-refractivity contribution in [1.29, 1.82) is 0 Å². The molecule has 1 heterocycles. The van der Waals surface area contributed by atoms with Crippen LogP contribution in [-0.2, 0) is 6.42 Å². The molecule has 0 fully saturated rings. The van der Waals surface area contributed by atoms with Crippen molar-refractivity contribution in [2.45, 2.75) is 13.3 Å². The van der Waals surface area contributed by atoms with Crippen LogP contribution in [0.2, 0.25) is 0 Å². The highest BCUT2D eigenvalue weighted by Gasteiger charge is 2.09. The summed E-state index contributed by atoms with van der Waals surface area (Å²) in [5.41, 5.74) is 1.83. The van der Waals surface area contributed by atoms with Crippen LogP contribution in [0.3, 0.4) is 0 Å². The van der Waals surface area contributed by atoms with E-state index in [1.54, 1.807) is 6.07 Å². The van der Waals surface area contributed by atoms with E-state index in [0.717, 1.165) is 27.4 Å². The second kappa shape index (κ2) is 4.22. The molecule has 0 saturated heterocycles. The van der Waals surface area contributed by atoms with Crippen molar-refractivity contribution in [3.8, 4) is 0 Å². The van der Waals surface area contributed by atoms with Crippen LogP contribution >= 0.6 is 15.9 Å². The standard InChI is InChI=1S/C12H10BrNO2/c1-2-7-5-11(12(15)16)14-10-4-3-8(13)6-9(7)10/h3-6H,2H2,1H3,(H,15,16). The summed E-state index contributed by atoms with van der Waals surface area (Å²) in [6.45, 7) is 2.00. The number of rotatable bonds is 2. The number of aromatic carboxylic acids is 1. The van der Waals surface area contributed by atoms with Gasteiger partial charge in [0.2, 0.25) is 0 Å². The third-order valence-electron chi connectivity index (χ3n) is 2.46. The Balaban J connectivity index is 2.78. The predicted molar refractivity (Wildman–Crippen MR) is 65.8 cm³/mol. The zero-order valence-corrected chi connectivity index (χ0v) is 10.3. The predicted octanol–water partition coefficient (Wildman–Crippen LogP) is 3.26. The molecular weight excluding hydrogens is 270 g/mol. The topological polar surface area (TPSA) is 50.2 Å². The number of hydrogen-bond donors (Lipinski definition) is 1. The lowest BCUT2D eigenvalue weighted by molar-refractivity contribution is 0.0691. The largest absolute Gasteiger partial charge is 0.477 e. The normalized spacial score (nSPS) is 10.6. The lowest BCUT2D eigenvalue weighted by Gasteiger charge is -2.06. The van der Waals surface area contributed by atoms with Gasteiger partial charge in [-0.05, 0) is 36.2 Å². The highest BCUT2D eigenvalue weighted by Crippen LogP contribution is 2.23. The molecule has 0 amide bonds. The molecule has 1 aromatic carbocycles. The Morgan fingerprint density at radius 2 is 2.19 bits per heavy atom. The monoisotopic (exact) mass is 279 g/mol. The first-order valence-corrected chi connectivity index (χ1v) is 5.73. The van der Waals surface area contributed by atoms with Gasteiger partial charge >= 0.3 is 5.97 Å². The molecule has 0 saturated carbocycles. The van der Waals surface area contributed by atoms with Gasteiger partial charge in [0.15, 0.2) is 0 Å². The average molecular weight is 280 g/mol. The van der Waals surface area contributed by atoms with Gasteiger partial charge in [-0.15, -0.1) is 0 Å². The molecule has 0 aliphatic rings. The van der Waals surface area contributed by atoms with Crippen molar-refractivity contribution >= 4 is 32.8 Å². The Morgan fingerprint density at radius 1 is 1.44 bits per heavy atom. The van der Waals surface area contributed by atoms with Crippen molar-refractivity contribution in [3.63, 3.8) is 0 Å². The SMILES string of the molecule is CCc1cc(C(=O)O)nc2ccc(Br)cc12.